The quantitative estimate of drug-likeness (QED) is 0.582. The van der Waals surface area contributed by atoms with Crippen molar-refractivity contribution in [2.24, 2.45) is 0 Å². The Morgan fingerprint density at radius 1 is 1.20 bits per heavy atom. The van der Waals surface area contributed by atoms with Gasteiger partial charge in [-0.1, -0.05) is 17.7 Å². The predicted molar refractivity (Wildman–Crippen MR) is 120 cm³/mol. The van der Waals surface area contributed by atoms with Crippen LogP contribution in [0.5, 0.6) is 0 Å². The van der Waals surface area contributed by atoms with Gasteiger partial charge in [0.2, 0.25) is 0 Å². The number of rotatable bonds is 4. The summed E-state index contributed by atoms with van der Waals surface area (Å²) in [6.07, 6.45) is 3.44. The van der Waals surface area contributed by atoms with Gasteiger partial charge in [-0.2, -0.15) is 5.10 Å². The summed E-state index contributed by atoms with van der Waals surface area (Å²) >= 11 is 6.33. The Balaban J connectivity index is 0.00000256. The van der Waals surface area contributed by atoms with E-state index in [0.717, 1.165) is 42.9 Å². The van der Waals surface area contributed by atoms with Crippen molar-refractivity contribution in [1.82, 2.24) is 15.1 Å². The molecule has 1 aromatic heterocycles. The Bertz CT molecular complexity index is 1030. The highest BCUT2D eigenvalue weighted by molar-refractivity contribution is 6.31. The van der Waals surface area contributed by atoms with Crippen LogP contribution in [0.4, 0.5) is 10.1 Å². The number of carbonyl (C=O) groups is 1. The number of halogens is 3. The zero-order chi connectivity index (χ0) is 20.4. The Hall–Kier alpha value is -2.41. The third-order valence-corrected chi connectivity index (χ3v) is 5.69. The van der Waals surface area contributed by atoms with Crippen LogP contribution in [0.3, 0.4) is 0 Å². The molecule has 2 aromatic carbocycles. The Labute approximate surface area is 186 Å². The molecule has 2 N–H and O–H groups in total. The molecular weight excluding hydrogens is 426 g/mol. The van der Waals surface area contributed by atoms with Crippen LogP contribution in [0, 0.1) is 12.7 Å². The zero-order valence-electron chi connectivity index (χ0n) is 16.5. The first kappa shape index (κ1) is 22.3. The predicted octanol–water partition coefficient (Wildman–Crippen LogP) is 5.11. The van der Waals surface area contributed by atoms with Gasteiger partial charge < -0.3 is 10.6 Å². The second-order valence-corrected chi connectivity index (χ2v) is 7.68. The highest BCUT2D eigenvalue weighted by Gasteiger charge is 2.27. The molecule has 0 spiro atoms. The fourth-order valence-corrected chi connectivity index (χ4v) is 3.85. The van der Waals surface area contributed by atoms with Gasteiger partial charge in [-0.05, 0) is 74.8 Å². The molecule has 0 saturated carbocycles. The van der Waals surface area contributed by atoms with Crippen LogP contribution in [0.1, 0.15) is 40.4 Å². The number of amides is 1. The second kappa shape index (κ2) is 9.60. The summed E-state index contributed by atoms with van der Waals surface area (Å²) < 4.78 is 15.0. The monoisotopic (exact) mass is 448 g/mol. The van der Waals surface area contributed by atoms with Crippen molar-refractivity contribution < 1.29 is 9.18 Å². The Morgan fingerprint density at radius 3 is 2.57 bits per heavy atom. The maximum absolute atomic E-state index is 13.2. The van der Waals surface area contributed by atoms with Crippen LogP contribution < -0.4 is 10.6 Å². The topological polar surface area (TPSA) is 59.0 Å². The van der Waals surface area contributed by atoms with Crippen LogP contribution in [0.2, 0.25) is 5.02 Å². The summed E-state index contributed by atoms with van der Waals surface area (Å²) in [6.45, 7) is 3.73. The third-order valence-electron chi connectivity index (χ3n) is 5.28. The van der Waals surface area contributed by atoms with E-state index < -0.39 is 0 Å². The van der Waals surface area contributed by atoms with Crippen molar-refractivity contribution in [3.8, 4) is 5.69 Å². The lowest BCUT2D eigenvalue weighted by Crippen LogP contribution is -2.29. The summed E-state index contributed by atoms with van der Waals surface area (Å²) in [6, 6.07) is 11.5. The van der Waals surface area contributed by atoms with Crippen LogP contribution in [0.15, 0.2) is 48.7 Å². The highest BCUT2D eigenvalue weighted by Crippen LogP contribution is 2.31. The number of piperidine rings is 1. The zero-order valence-corrected chi connectivity index (χ0v) is 18.1. The molecule has 1 fully saturated rings. The molecule has 3 aromatic rings. The molecule has 0 bridgehead atoms. The number of hydrogen-bond acceptors (Lipinski definition) is 3. The fourth-order valence-electron chi connectivity index (χ4n) is 3.67. The molecule has 0 aliphatic carbocycles. The number of nitrogens with one attached hydrogen (secondary N) is 2. The Morgan fingerprint density at radius 2 is 1.90 bits per heavy atom. The van der Waals surface area contributed by atoms with E-state index in [1.54, 1.807) is 18.3 Å². The van der Waals surface area contributed by atoms with Crippen molar-refractivity contribution in [2.75, 3.05) is 18.4 Å². The molecule has 0 radical (unpaired) electrons. The van der Waals surface area contributed by atoms with Crippen molar-refractivity contribution in [3.05, 3.63) is 76.3 Å². The average Bonchev–Trinajstić information content (AvgIpc) is 3.18. The molecule has 1 amide bonds. The van der Waals surface area contributed by atoms with E-state index in [2.05, 4.69) is 15.7 Å². The van der Waals surface area contributed by atoms with E-state index in [9.17, 15) is 9.18 Å². The lowest BCUT2D eigenvalue weighted by atomic mass is 9.91. The number of aryl methyl sites for hydroxylation is 1. The normalized spacial score (nSPS) is 14.2. The number of carbonyl (C=O) groups excluding carboxylic acids is 1. The van der Waals surface area contributed by atoms with E-state index in [4.69, 9.17) is 11.6 Å². The van der Waals surface area contributed by atoms with Gasteiger partial charge in [0.1, 0.15) is 5.82 Å². The molecule has 4 rings (SSSR count). The summed E-state index contributed by atoms with van der Waals surface area (Å²) in [5, 5.41) is 11.4. The lowest BCUT2D eigenvalue weighted by Gasteiger charge is -2.25. The van der Waals surface area contributed by atoms with Gasteiger partial charge in [0.05, 0.1) is 23.1 Å². The van der Waals surface area contributed by atoms with Crippen LogP contribution in [0.25, 0.3) is 5.69 Å². The van der Waals surface area contributed by atoms with Gasteiger partial charge in [-0.3, -0.25) is 4.79 Å². The molecule has 0 atom stereocenters. The van der Waals surface area contributed by atoms with E-state index in [0.29, 0.717) is 16.3 Å². The van der Waals surface area contributed by atoms with Crippen molar-refractivity contribution in [1.29, 1.82) is 0 Å². The number of hydrogen-bond donors (Lipinski definition) is 2. The van der Waals surface area contributed by atoms with Crippen LogP contribution >= 0.6 is 24.0 Å². The number of anilines is 1. The summed E-state index contributed by atoms with van der Waals surface area (Å²) in [7, 11) is 0. The molecule has 2 heterocycles. The van der Waals surface area contributed by atoms with E-state index in [1.807, 2.05) is 29.8 Å². The van der Waals surface area contributed by atoms with Gasteiger partial charge >= 0.3 is 0 Å². The Kier molecular flexibility index (Phi) is 7.13. The summed E-state index contributed by atoms with van der Waals surface area (Å²) in [5.74, 6) is -0.398. The SMILES string of the molecule is Cc1ccc(-n2ncc(C(=O)Nc3ccc(F)cc3)c2C2CCNCC2)cc1Cl.Cl. The molecule has 1 saturated heterocycles. The van der Waals surface area contributed by atoms with Crippen LogP contribution in [-0.4, -0.2) is 28.8 Å². The molecule has 158 valence electrons. The minimum absolute atomic E-state index is 0. The van der Waals surface area contributed by atoms with Crippen molar-refractivity contribution in [3.63, 3.8) is 0 Å². The van der Waals surface area contributed by atoms with E-state index >= 15 is 0 Å². The van der Waals surface area contributed by atoms with E-state index in [-0.39, 0.29) is 30.0 Å². The van der Waals surface area contributed by atoms with Gasteiger partial charge in [0.25, 0.3) is 5.91 Å². The largest absolute Gasteiger partial charge is 0.322 e. The summed E-state index contributed by atoms with van der Waals surface area (Å²) in [5.41, 5.74) is 3.76. The maximum Gasteiger partial charge on any atom is 0.259 e. The molecule has 1 aliphatic rings. The van der Waals surface area contributed by atoms with Gasteiger partial charge in [0, 0.05) is 16.6 Å². The number of benzene rings is 2. The third kappa shape index (κ3) is 4.67. The molecular formula is C22H23Cl2FN4O. The lowest BCUT2D eigenvalue weighted by molar-refractivity contribution is 0.102. The second-order valence-electron chi connectivity index (χ2n) is 7.27. The average molecular weight is 449 g/mol. The maximum atomic E-state index is 13.2. The van der Waals surface area contributed by atoms with Gasteiger partial charge in [0.15, 0.2) is 0 Å². The molecule has 30 heavy (non-hydrogen) atoms. The first-order valence-corrected chi connectivity index (χ1v) is 10.0. The van der Waals surface area contributed by atoms with Gasteiger partial charge in [-0.15, -0.1) is 12.4 Å². The minimum Gasteiger partial charge on any atom is -0.322 e. The molecule has 1 aliphatic heterocycles. The number of nitrogens with zero attached hydrogens (tertiary/aromatic N) is 2. The molecule has 0 unspecified atom stereocenters. The number of aromatic nitrogens is 2. The van der Waals surface area contributed by atoms with Crippen LogP contribution in [-0.2, 0) is 0 Å². The summed E-state index contributed by atoms with van der Waals surface area (Å²) in [4.78, 5) is 13.0. The van der Waals surface area contributed by atoms with Crippen molar-refractivity contribution in [2.45, 2.75) is 25.7 Å². The standard InChI is InChI=1S/C22H22ClFN4O.ClH/c1-14-2-7-18(12-20(14)23)28-21(15-8-10-25-11-9-15)19(13-26-28)22(29)27-17-5-3-16(24)4-6-17;/h2-7,12-13,15,25H,8-11H2,1H3,(H,27,29);1H. The molecule has 8 heteroatoms. The van der Waals surface area contributed by atoms with Crippen molar-refractivity contribution >= 4 is 35.6 Å². The fraction of sp³-hybridized carbons (Fsp3) is 0.273. The first-order chi connectivity index (χ1) is 14.0. The molecule has 5 nitrogen and oxygen atoms in total. The smallest absolute Gasteiger partial charge is 0.259 e. The first-order valence-electron chi connectivity index (χ1n) is 9.65. The van der Waals surface area contributed by atoms with Gasteiger partial charge in [-0.25, -0.2) is 9.07 Å². The minimum atomic E-state index is -0.345. The van der Waals surface area contributed by atoms with E-state index in [1.165, 1.54) is 12.1 Å². The highest BCUT2D eigenvalue weighted by atomic mass is 35.5.